The van der Waals surface area contributed by atoms with E-state index in [9.17, 15) is 13.2 Å². The van der Waals surface area contributed by atoms with Gasteiger partial charge in [-0.05, 0) is 31.4 Å². The maximum absolute atomic E-state index is 11.9. The van der Waals surface area contributed by atoms with Gasteiger partial charge in [0, 0.05) is 10.9 Å². The minimum atomic E-state index is -3.55. The highest BCUT2D eigenvalue weighted by Crippen LogP contribution is 2.21. The fourth-order valence-corrected chi connectivity index (χ4v) is 3.75. The molecule has 2 rings (SSSR count). The first kappa shape index (κ1) is 13.5. The van der Waals surface area contributed by atoms with E-state index in [0.29, 0.717) is 0 Å². The number of sulfonamides is 1. The Morgan fingerprint density at radius 1 is 1.44 bits per heavy atom. The number of amides is 1. The monoisotopic (exact) mass is 288 g/mol. The molecule has 1 aliphatic carbocycles. The lowest BCUT2D eigenvalue weighted by Gasteiger charge is -2.05. The minimum absolute atomic E-state index is 0.196. The van der Waals surface area contributed by atoms with E-state index in [2.05, 4.69) is 10.0 Å². The number of carbonyl (C=O) groups excluding carboxylic acids is 1. The third-order valence-electron chi connectivity index (χ3n) is 2.62. The number of carbonyl (C=O) groups is 1. The number of aryl methyl sites for hydroxylation is 1. The molecule has 0 unspecified atom stereocenters. The highest BCUT2D eigenvalue weighted by atomic mass is 32.2. The molecule has 1 amide bonds. The van der Waals surface area contributed by atoms with Crippen molar-refractivity contribution in [3.05, 3.63) is 17.0 Å². The first-order valence-corrected chi connectivity index (χ1v) is 8.19. The van der Waals surface area contributed by atoms with E-state index >= 15 is 0 Å². The number of hydrogen-bond donors (Lipinski definition) is 2. The van der Waals surface area contributed by atoms with Gasteiger partial charge in [-0.15, -0.1) is 11.3 Å². The van der Waals surface area contributed by atoms with Gasteiger partial charge in [0.15, 0.2) is 0 Å². The molecular formula is C11H16N2O3S2. The predicted molar refractivity (Wildman–Crippen MR) is 70.1 cm³/mol. The molecule has 5 nitrogen and oxygen atoms in total. The maximum Gasteiger partial charge on any atom is 0.250 e. The third-order valence-corrected chi connectivity index (χ3v) is 5.74. The van der Waals surface area contributed by atoms with Crippen LogP contribution in [0, 0.1) is 0 Å². The van der Waals surface area contributed by atoms with Gasteiger partial charge in [-0.2, -0.15) is 0 Å². The topological polar surface area (TPSA) is 75.3 Å². The van der Waals surface area contributed by atoms with Crippen LogP contribution < -0.4 is 10.0 Å². The molecule has 1 aromatic heterocycles. The van der Waals surface area contributed by atoms with Crippen LogP contribution in [0.3, 0.4) is 0 Å². The van der Waals surface area contributed by atoms with Crippen LogP contribution in [0.1, 0.15) is 24.6 Å². The van der Waals surface area contributed by atoms with Gasteiger partial charge in [-0.3, -0.25) is 4.79 Å². The minimum Gasteiger partial charge on any atom is -0.352 e. The SMILES string of the molecule is CCc1ccc(S(=O)(=O)NCC(=O)NC2CC2)s1. The normalized spacial score (nSPS) is 15.6. The van der Waals surface area contributed by atoms with Gasteiger partial charge in [0.25, 0.3) is 10.0 Å². The van der Waals surface area contributed by atoms with Gasteiger partial charge in [0.1, 0.15) is 4.21 Å². The molecular weight excluding hydrogens is 272 g/mol. The molecule has 1 fully saturated rings. The fourth-order valence-electron chi connectivity index (χ4n) is 1.43. The number of thiophene rings is 1. The first-order valence-electron chi connectivity index (χ1n) is 5.89. The Morgan fingerprint density at radius 3 is 2.72 bits per heavy atom. The Kier molecular flexibility index (Phi) is 4.04. The second-order valence-electron chi connectivity index (χ2n) is 4.24. The van der Waals surface area contributed by atoms with E-state index < -0.39 is 10.0 Å². The molecule has 0 bridgehead atoms. The van der Waals surface area contributed by atoms with E-state index in [-0.39, 0.29) is 22.7 Å². The van der Waals surface area contributed by atoms with Crippen molar-refractivity contribution < 1.29 is 13.2 Å². The van der Waals surface area contributed by atoms with Gasteiger partial charge in [-0.25, -0.2) is 13.1 Å². The Labute approximate surface area is 111 Å². The number of hydrogen-bond acceptors (Lipinski definition) is 4. The fraction of sp³-hybridized carbons (Fsp3) is 0.545. The van der Waals surface area contributed by atoms with E-state index in [1.165, 1.54) is 11.3 Å². The van der Waals surface area contributed by atoms with E-state index in [4.69, 9.17) is 0 Å². The summed E-state index contributed by atoms with van der Waals surface area (Å²) in [5, 5.41) is 2.73. The second kappa shape index (κ2) is 5.38. The summed E-state index contributed by atoms with van der Waals surface area (Å²) in [6, 6.07) is 3.61. The van der Waals surface area contributed by atoms with Crippen molar-refractivity contribution in [3.8, 4) is 0 Å². The van der Waals surface area contributed by atoms with Crippen molar-refractivity contribution in [2.45, 2.75) is 36.4 Å². The standard InChI is InChI=1S/C11H16N2O3S2/c1-2-9-5-6-11(17-9)18(15,16)12-7-10(14)13-8-3-4-8/h5-6,8,12H,2-4,7H2,1H3,(H,13,14). The van der Waals surface area contributed by atoms with Gasteiger partial charge in [-0.1, -0.05) is 6.92 Å². The van der Waals surface area contributed by atoms with Crippen LogP contribution in [0.15, 0.2) is 16.3 Å². The molecule has 2 N–H and O–H groups in total. The third kappa shape index (κ3) is 3.54. The summed E-state index contributed by atoms with van der Waals surface area (Å²) in [6.07, 6.45) is 2.79. The quantitative estimate of drug-likeness (QED) is 0.815. The van der Waals surface area contributed by atoms with Crippen LogP contribution in [-0.2, 0) is 21.2 Å². The molecule has 0 radical (unpaired) electrons. The summed E-state index contributed by atoms with van der Waals surface area (Å²) >= 11 is 1.24. The van der Waals surface area contributed by atoms with Crippen molar-refractivity contribution >= 4 is 27.3 Å². The van der Waals surface area contributed by atoms with Crippen molar-refractivity contribution in [2.24, 2.45) is 0 Å². The number of nitrogens with one attached hydrogen (secondary N) is 2. The maximum atomic E-state index is 11.9. The zero-order valence-electron chi connectivity index (χ0n) is 10.1. The van der Waals surface area contributed by atoms with Crippen molar-refractivity contribution in [2.75, 3.05) is 6.54 Å². The molecule has 0 aromatic carbocycles. The van der Waals surface area contributed by atoms with Crippen molar-refractivity contribution in [1.29, 1.82) is 0 Å². The average Bonchev–Trinajstić information content (AvgIpc) is 2.99. The van der Waals surface area contributed by atoms with Crippen LogP contribution >= 0.6 is 11.3 Å². The van der Waals surface area contributed by atoms with Crippen LogP contribution in [-0.4, -0.2) is 26.9 Å². The largest absolute Gasteiger partial charge is 0.352 e. The van der Waals surface area contributed by atoms with Gasteiger partial charge in [0.05, 0.1) is 6.54 Å². The Morgan fingerprint density at radius 2 is 2.17 bits per heavy atom. The van der Waals surface area contributed by atoms with Crippen molar-refractivity contribution in [3.63, 3.8) is 0 Å². The van der Waals surface area contributed by atoms with Gasteiger partial charge < -0.3 is 5.32 Å². The molecule has 1 heterocycles. The van der Waals surface area contributed by atoms with Crippen LogP contribution in [0.4, 0.5) is 0 Å². The van der Waals surface area contributed by atoms with Gasteiger partial charge >= 0.3 is 0 Å². The van der Waals surface area contributed by atoms with Crippen molar-refractivity contribution in [1.82, 2.24) is 10.0 Å². The summed E-state index contributed by atoms with van der Waals surface area (Å²) in [6.45, 7) is 1.77. The van der Waals surface area contributed by atoms with E-state index in [1.807, 2.05) is 6.92 Å². The average molecular weight is 288 g/mol. The molecule has 0 atom stereocenters. The molecule has 18 heavy (non-hydrogen) atoms. The highest BCUT2D eigenvalue weighted by Gasteiger charge is 2.24. The van der Waals surface area contributed by atoms with Crippen LogP contribution in [0.5, 0.6) is 0 Å². The highest BCUT2D eigenvalue weighted by molar-refractivity contribution is 7.91. The Balaban J connectivity index is 1.91. The molecule has 100 valence electrons. The molecule has 0 aliphatic heterocycles. The lowest BCUT2D eigenvalue weighted by atomic mass is 10.4. The van der Waals surface area contributed by atoms with Crippen LogP contribution in [0.2, 0.25) is 0 Å². The van der Waals surface area contributed by atoms with Crippen LogP contribution in [0.25, 0.3) is 0 Å². The second-order valence-corrected chi connectivity index (χ2v) is 7.40. The molecule has 0 saturated heterocycles. The summed E-state index contributed by atoms with van der Waals surface area (Å²) in [5.41, 5.74) is 0. The summed E-state index contributed by atoms with van der Waals surface area (Å²) in [4.78, 5) is 12.4. The molecule has 1 saturated carbocycles. The summed E-state index contributed by atoms with van der Waals surface area (Å²) < 4.78 is 26.4. The smallest absolute Gasteiger partial charge is 0.250 e. The lowest BCUT2D eigenvalue weighted by Crippen LogP contribution is -2.37. The summed E-state index contributed by atoms with van der Waals surface area (Å²) in [7, 11) is -3.55. The first-order chi connectivity index (χ1) is 8.51. The molecule has 7 heteroatoms. The predicted octanol–water partition coefficient (Wildman–Crippen LogP) is 0.867. The molecule has 0 spiro atoms. The zero-order chi connectivity index (χ0) is 13.2. The number of rotatable bonds is 6. The summed E-state index contributed by atoms with van der Waals surface area (Å²) in [5.74, 6) is -0.270. The van der Waals surface area contributed by atoms with Gasteiger partial charge in [0.2, 0.25) is 5.91 Å². The zero-order valence-corrected chi connectivity index (χ0v) is 11.7. The van der Waals surface area contributed by atoms with E-state index in [0.717, 1.165) is 24.1 Å². The molecule has 1 aliphatic rings. The Bertz CT molecular complexity index is 532. The lowest BCUT2D eigenvalue weighted by molar-refractivity contribution is -0.120. The Hall–Kier alpha value is -0.920. The molecule has 1 aromatic rings. The van der Waals surface area contributed by atoms with E-state index in [1.54, 1.807) is 12.1 Å².